The maximum absolute atomic E-state index is 5.99. The molecule has 6 heteroatoms. The molecule has 3 rings (SSSR count). The summed E-state index contributed by atoms with van der Waals surface area (Å²) in [4.78, 5) is 12.3. The van der Waals surface area contributed by atoms with Crippen LogP contribution in [-0.4, -0.2) is 19.5 Å². The molecule has 0 saturated carbocycles. The normalized spacial score (nSPS) is 11.6. The van der Waals surface area contributed by atoms with Crippen molar-refractivity contribution in [2.75, 3.05) is 0 Å². The van der Waals surface area contributed by atoms with Gasteiger partial charge in [0.05, 0.1) is 6.33 Å². The summed E-state index contributed by atoms with van der Waals surface area (Å²) in [6.07, 6.45) is 5.78. The van der Waals surface area contributed by atoms with E-state index in [0.29, 0.717) is 17.7 Å². The first kappa shape index (κ1) is 14.0. The molecule has 0 fully saturated rings. The van der Waals surface area contributed by atoms with Crippen LogP contribution in [0.4, 0.5) is 0 Å². The van der Waals surface area contributed by atoms with Crippen molar-refractivity contribution in [1.82, 2.24) is 19.5 Å². The van der Waals surface area contributed by atoms with E-state index in [1.807, 2.05) is 16.7 Å². The fourth-order valence-electron chi connectivity index (χ4n) is 2.09. The SMILES string of the molecule is Cc1cccc(/C=C/Cn2cnc3c(Cl)nc(Cl)nc32)c1. The monoisotopic (exact) mass is 318 g/mol. The number of nitrogens with zero attached hydrogens (tertiary/aromatic N) is 4. The molecule has 0 radical (unpaired) electrons. The molecule has 0 aliphatic heterocycles. The molecule has 21 heavy (non-hydrogen) atoms. The Morgan fingerprint density at radius 3 is 2.90 bits per heavy atom. The van der Waals surface area contributed by atoms with Crippen LogP contribution in [-0.2, 0) is 6.54 Å². The zero-order valence-corrected chi connectivity index (χ0v) is 12.8. The summed E-state index contributed by atoms with van der Waals surface area (Å²) in [6, 6.07) is 8.29. The number of allylic oxidation sites excluding steroid dienone is 1. The molecule has 0 saturated heterocycles. The van der Waals surface area contributed by atoms with Gasteiger partial charge in [-0.15, -0.1) is 0 Å². The van der Waals surface area contributed by atoms with Gasteiger partial charge in [0.2, 0.25) is 5.28 Å². The summed E-state index contributed by atoms with van der Waals surface area (Å²) >= 11 is 11.8. The van der Waals surface area contributed by atoms with Gasteiger partial charge in [0.25, 0.3) is 0 Å². The summed E-state index contributed by atoms with van der Waals surface area (Å²) in [5, 5.41) is 0.392. The molecule has 0 atom stereocenters. The number of halogens is 2. The van der Waals surface area contributed by atoms with E-state index in [4.69, 9.17) is 23.2 Å². The molecule has 2 aromatic heterocycles. The van der Waals surface area contributed by atoms with E-state index >= 15 is 0 Å². The third-order valence-electron chi connectivity index (χ3n) is 3.05. The smallest absolute Gasteiger partial charge is 0.225 e. The maximum atomic E-state index is 5.99. The van der Waals surface area contributed by atoms with Crippen molar-refractivity contribution in [1.29, 1.82) is 0 Å². The lowest BCUT2D eigenvalue weighted by Crippen LogP contribution is -1.96. The van der Waals surface area contributed by atoms with Crippen molar-refractivity contribution < 1.29 is 0 Å². The van der Waals surface area contributed by atoms with Gasteiger partial charge in [-0.2, -0.15) is 4.98 Å². The van der Waals surface area contributed by atoms with Crippen molar-refractivity contribution in [2.24, 2.45) is 0 Å². The molecule has 0 aliphatic rings. The summed E-state index contributed by atoms with van der Waals surface area (Å²) in [7, 11) is 0. The molecule has 0 bridgehead atoms. The molecule has 0 N–H and O–H groups in total. The van der Waals surface area contributed by atoms with Crippen LogP contribution in [0.2, 0.25) is 10.4 Å². The van der Waals surface area contributed by atoms with Crippen LogP contribution >= 0.6 is 23.2 Å². The van der Waals surface area contributed by atoms with E-state index in [1.54, 1.807) is 6.33 Å². The van der Waals surface area contributed by atoms with Gasteiger partial charge >= 0.3 is 0 Å². The topological polar surface area (TPSA) is 43.6 Å². The highest BCUT2D eigenvalue weighted by Crippen LogP contribution is 2.20. The molecular weight excluding hydrogens is 307 g/mol. The second-order valence-corrected chi connectivity index (χ2v) is 5.37. The second kappa shape index (κ2) is 5.84. The molecule has 1 aromatic carbocycles. The van der Waals surface area contributed by atoms with Crippen molar-refractivity contribution in [3.8, 4) is 0 Å². The van der Waals surface area contributed by atoms with Gasteiger partial charge in [0.1, 0.15) is 5.52 Å². The minimum absolute atomic E-state index is 0.122. The van der Waals surface area contributed by atoms with Crippen molar-refractivity contribution >= 4 is 40.4 Å². The number of aryl methyl sites for hydroxylation is 1. The minimum atomic E-state index is 0.122. The van der Waals surface area contributed by atoms with Crippen LogP contribution < -0.4 is 0 Å². The van der Waals surface area contributed by atoms with Crippen molar-refractivity contribution in [3.05, 3.63) is 58.2 Å². The molecular formula is C15H12Cl2N4. The van der Waals surface area contributed by atoms with Crippen LogP contribution in [0, 0.1) is 6.92 Å². The largest absolute Gasteiger partial charge is 0.311 e. The lowest BCUT2D eigenvalue weighted by atomic mass is 10.1. The maximum Gasteiger partial charge on any atom is 0.225 e. The predicted molar refractivity (Wildman–Crippen MR) is 85.6 cm³/mol. The number of benzene rings is 1. The summed E-state index contributed by atoms with van der Waals surface area (Å²) in [6.45, 7) is 2.70. The summed E-state index contributed by atoms with van der Waals surface area (Å²) in [5.74, 6) is 0. The van der Waals surface area contributed by atoms with E-state index in [-0.39, 0.29) is 10.4 Å². The first-order valence-corrected chi connectivity index (χ1v) is 7.16. The highest BCUT2D eigenvalue weighted by atomic mass is 35.5. The summed E-state index contributed by atoms with van der Waals surface area (Å²) in [5.41, 5.74) is 3.58. The average molecular weight is 319 g/mol. The zero-order valence-electron chi connectivity index (χ0n) is 11.3. The van der Waals surface area contributed by atoms with Crippen LogP contribution in [0.15, 0.2) is 36.7 Å². The Balaban J connectivity index is 1.85. The van der Waals surface area contributed by atoms with Crippen LogP contribution in [0.3, 0.4) is 0 Å². The Kier molecular flexibility index (Phi) is 3.90. The highest BCUT2D eigenvalue weighted by molar-refractivity contribution is 6.35. The second-order valence-electron chi connectivity index (χ2n) is 4.67. The number of hydrogen-bond acceptors (Lipinski definition) is 3. The third-order valence-corrected chi connectivity index (χ3v) is 3.48. The van der Waals surface area contributed by atoms with E-state index in [1.165, 1.54) is 5.56 Å². The lowest BCUT2D eigenvalue weighted by molar-refractivity contribution is 0.839. The first-order valence-electron chi connectivity index (χ1n) is 6.40. The minimum Gasteiger partial charge on any atom is -0.311 e. The number of imidazole rings is 1. The van der Waals surface area contributed by atoms with Gasteiger partial charge < -0.3 is 4.57 Å². The van der Waals surface area contributed by atoms with E-state index < -0.39 is 0 Å². The van der Waals surface area contributed by atoms with Gasteiger partial charge in [-0.25, -0.2) is 9.97 Å². The molecule has 4 nitrogen and oxygen atoms in total. The van der Waals surface area contributed by atoms with Crippen LogP contribution in [0.1, 0.15) is 11.1 Å². The number of aromatic nitrogens is 4. The van der Waals surface area contributed by atoms with E-state index in [9.17, 15) is 0 Å². The Morgan fingerprint density at radius 2 is 2.10 bits per heavy atom. The van der Waals surface area contributed by atoms with Crippen molar-refractivity contribution in [2.45, 2.75) is 13.5 Å². The van der Waals surface area contributed by atoms with Crippen LogP contribution in [0.5, 0.6) is 0 Å². The Labute approximate surface area is 132 Å². The molecule has 2 heterocycles. The number of fused-ring (bicyclic) bond motifs is 1. The van der Waals surface area contributed by atoms with Crippen molar-refractivity contribution in [3.63, 3.8) is 0 Å². The van der Waals surface area contributed by atoms with E-state index in [2.05, 4.69) is 46.2 Å². The molecule has 106 valence electrons. The van der Waals surface area contributed by atoms with E-state index in [0.717, 1.165) is 5.56 Å². The predicted octanol–water partition coefficient (Wildman–Crippen LogP) is 4.15. The Bertz CT molecular complexity index is 824. The summed E-state index contributed by atoms with van der Waals surface area (Å²) < 4.78 is 1.88. The fraction of sp³-hybridized carbons (Fsp3) is 0.133. The standard InChI is InChI=1S/C15H12Cl2N4/c1-10-4-2-5-11(8-10)6-3-7-21-9-18-12-13(16)19-15(17)20-14(12)21/h2-6,8-9H,7H2,1H3/b6-3+. The van der Waals surface area contributed by atoms with Gasteiger partial charge in [0.15, 0.2) is 10.8 Å². The lowest BCUT2D eigenvalue weighted by Gasteiger charge is -2.00. The number of rotatable bonds is 3. The molecule has 0 unspecified atom stereocenters. The third kappa shape index (κ3) is 3.06. The van der Waals surface area contributed by atoms with Gasteiger partial charge in [0, 0.05) is 6.54 Å². The average Bonchev–Trinajstić information content (AvgIpc) is 2.82. The zero-order chi connectivity index (χ0) is 14.8. The Morgan fingerprint density at radius 1 is 1.24 bits per heavy atom. The number of hydrogen-bond donors (Lipinski definition) is 0. The highest BCUT2D eigenvalue weighted by Gasteiger charge is 2.09. The fourth-order valence-corrected chi connectivity index (χ4v) is 2.52. The van der Waals surface area contributed by atoms with Gasteiger partial charge in [-0.05, 0) is 24.1 Å². The van der Waals surface area contributed by atoms with Gasteiger partial charge in [-0.1, -0.05) is 53.6 Å². The quantitative estimate of drug-likeness (QED) is 0.538. The van der Waals surface area contributed by atoms with Crippen LogP contribution in [0.25, 0.3) is 17.2 Å². The molecule has 0 spiro atoms. The molecule has 0 aliphatic carbocycles. The molecule has 0 amide bonds. The van der Waals surface area contributed by atoms with Gasteiger partial charge in [-0.3, -0.25) is 0 Å². The first-order chi connectivity index (χ1) is 10.1. The molecule has 3 aromatic rings. The Hall–Kier alpha value is -1.91.